The third-order valence-electron chi connectivity index (χ3n) is 1.86. The first-order valence-corrected chi connectivity index (χ1v) is 6.74. The summed E-state index contributed by atoms with van der Waals surface area (Å²) in [6, 6.07) is 0.325. The van der Waals surface area contributed by atoms with Crippen LogP contribution in [-0.4, -0.2) is 28.0 Å². The van der Waals surface area contributed by atoms with E-state index in [2.05, 4.69) is 17.2 Å². The SMILES string of the molecule is CCC(CSC)Nc1ncc([N+](=O)[O-])s1. The van der Waals surface area contributed by atoms with Gasteiger partial charge in [0.2, 0.25) is 0 Å². The zero-order chi connectivity index (χ0) is 11.3. The maximum absolute atomic E-state index is 10.4. The lowest BCUT2D eigenvalue weighted by molar-refractivity contribution is -0.380. The molecule has 0 amide bonds. The van der Waals surface area contributed by atoms with E-state index in [-0.39, 0.29) is 5.00 Å². The average Bonchev–Trinajstić information content (AvgIpc) is 2.65. The molecular formula is C8H13N3O2S2. The molecule has 0 bridgehead atoms. The molecule has 1 atom stereocenters. The van der Waals surface area contributed by atoms with Crippen molar-refractivity contribution in [2.75, 3.05) is 17.3 Å². The van der Waals surface area contributed by atoms with Crippen molar-refractivity contribution in [3.8, 4) is 0 Å². The third-order valence-corrected chi connectivity index (χ3v) is 3.48. The fourth-order valence-corrected chi connectivity index (χ4v) is 2.48. The molecule has 0 spiro atoms. The number of hydrogen-bond acceptors (Lipinski definition) is 6. The summed E-state index contributed by atoms with van der Waals surface area (Å²) in [6.07, 6.45) is 4.31. The largest absolute Gasteiger partial charge is 0.358 e. The number of nitrogens with one attached hydrogen (secondary N) is 1. The maximum Gasteiger partial charge on any atom is 0.345 e. The Labute approximate surface area is 96.4 Å². The topological polar surface area (TPSA) is 68.1 Å². The summed E-state index contributed by atoms with van der Waals surface area (Å²) in [5.41, 5.74) is 0. The van der Waals surface area contributed by atoms with Gasteiger partial charge in [0, 0.05) is 11.8 Å². The van der Waals surface area contributed by atoms with Gasteiger partial charge >= 0.3 is 5.00 Å². The Balaban J connectivity index is 2.59. The smallest absolute Gasteiger partial charge is 0.345 e. The van der Waals surface area contributed by atoms with Gasteiger partial charge in [-0.2, -0.15) is 11.8 Å². The molecule has 0 aromatic carbocycles. The Bertz CT molecular complexity index is 329. The van der Waals surface area contributed by atoms with Gasteiger partial charge in [-0.3, -0.25) is 10.1 Å². The number of hydrogen-bond donors (Lipinski definition) is 1. The second-order valence-electron chi connectivity index (χ2n) is 2.97. The minimum Gasteiger partial charge on any atom is -0.358 e. The molecule has 0 aliphatic carbocycles. The summed E-state index contributed by atoms with van der Waals surface area (Å²) < 4.78 is 0. The molecule has 0 fully saturated rings. The van der Waals surface area contributed by atoms with E-state index >= 15 is 0 Å². The Kier molecular flexibility index (Phi) is 4.83. The van der Waals surface area contributed by atoms with E-state index in [1.807, 2.05) is 6.26 Å². The van der Waals surface area contributed by atoms with Crippen molar-refractivity contribution in [1.82, 2.24) is 4.98 Å². The van der Waals surface area contributed by atoms with Gasteiger partial charge in [-0.25, -0.2) is 4.98 Å². The number of rotatable bonds is 6. The number of aromatic nitrogens is 1. The van der Waals surface area contributed by atoms with Crippen LogP contribution in [0.4, 0.5) is 10.1 Å². The summed E-state index contributed by atoms with van der Waals surface area (Å²) in [4.78, 5) is 14.0. The molecule has 5 nitrogen and oxygen atoms in total. The zero-order valence-corrected chi connectivity index (χ0v) is 10.2. The van der Waals surface area contributed by atoms with Gasteiger partial charge < -0.3 is 5.32 Å². The van der Waals surface area contributed by atoms with Crippen LogP contribution in [0.15, 0.2) is 6.20 Å². The first-order chi connectivity index (χ1) is 7.17. The van der Waals surface area contributed by atoms with Crippen molar-refractivity contribution in [1.29, 1.82) is 0 Å². The van der Waals surface area contributed by atoms with Crippen LogP contribution in [0.1, 0.15) is 13.3 Å². The van der Waals surface area contributed by atoms with E-state index < -0.39 is 4.92 Å². The normalized spacial score (nSPS) is 12.4. The van der Waals surface area contributed by atoms with Crippen molar-refractivity contribution in [3.63, 3.8) is 0 Å². The summed E-state index contributed by atoms with van der Waals surface area (Å²) in [5.74, 6) is 0.976. The molecule has 0 aliphatic rings. The average molecular weight is 247 g/mol. The lowest BCUT2D eigenvalue weighted by Crippen LogP contribution is -2.20. The minimum atomic E-state index is -0.418. The van der Waals surface area contributed by atoms with E-state index in [1.165, 1.54) is 6.20 Å². The highest BCUT2D eigenvalue weighted by Crippen LogP contribution is 2.26. The fourth-order valence-electron chi connectivity index (χ4n) is 1.05. The summed E-state index contributed by atoms with van der Waals surface area (Å²) in [6.45, 7) is 2.08. The van der Waals surface area contributed by atoms with Gasteiger partial charge in [0.15, 0.2) is 5.13 Å². The van der Waals surface area contributed by atoms with Crippen molar-refractivity contribution in [2.24, 2.45) is 0 Å². The molecule has 1 aromatic rings. The highest BCUT2D eigenvalue weighted by atomic mass is 32.2. The molecule has 1 N–H and O–H groups in total. The van der Waals surface area contributed by atoms with Crippen molar-refractivity contribution >= 4 is 33.2 Å². The van der Waals surface area contributed by atoms with Crippen molar-refractivity contribution < 1.29 is 4.92 Å². The first-order valence-electron chi connectivity index (χ1n) is 4.53. The highest BCUT2D eigenvalue weighted by Gasteiger charge is 2.13. The lowest BCUT2D eigenvalue weighted by atomic mass is 10.3. The Morgan fingerprint density at radius 2 is 2.53 bits per heavy atom. The molecule has 1 heterocycles. The van der Waals surface area contributed by atoms with Crippen LogP contribution >= 0.6 is 23.1 Å². The Morgan fingerprint density at radius 3 is 3.00 bits per heavy atom. The molecule has 84 valence electrons. The van der Waals surface area contributed by atoms with E-state index in [0.29, 0.717) is 11.2 Å². The van der Waals surface area contributed by atoms with Crippen molar-refractivity contribution in [3.05, 3.63) is 16.3 Å². The maximum atomic E-state index is 10.4. The molecule has 0 saturated heterocycles. The van der Waals surface area contributed by atoms with Gasteiger partial charge in [-0.15, -0.1) is 0 Å². The molecule has 7 heteroatoms. The van der Waals surface area contributed by atoms with Gasteiger partial charge in [0.25, 0.3) is 0 Å². The lowest BCUT2D eigenvalue weighted by Gasteiger charge is -2.13. The minimum absolute atomic E-state index is 0.0801. The molecule has 0 radical (unpaired) electrons. The Morgan fingerprint density at radius 1 is 1.80 bits per heavy atom. The van der Waals surface area contributed by atoms with Gasteiger partial charge in [0.1, 0.15) is 6.20 Å². The van der Waals surface area contributed by atoms with Gasteiger partial charge in [0.05, 0.1) is 4.92 Å². The number of thiazole rings is 1. The van der Waals surface area contributed by atoms with Crippen LogP contribution < -0.4 is 5.32 Å². The van der Waals surface area contributed by atoms with Crippen LogP contribution in [0, 0.1) is 10.1 Å². The van der Waals surface area contributed by atoms with Crippen LogP contribution in [-0.2, 0) is 0 Å². The summed E-state index contributed by atoms with van der Waals surface area (Å²) in [7, 11) is 0. The molecule has 1 aromatic heterocycles. The van der Waals surface area contributed by atoms with Gasteiger partial charge in [-0.05, 0) is 24.0 Å². The van der Waals surface area contributed by atoms with Crippen LogP contribution in [0.25, 0.3) is 0 Å². The molecule has 15 heavy (non-hydrogen) atoms. The van der Waals surface area contributed by atoms with E-state index in [1.54, 1.807) is 11.8 Å². The number of nitrogens with zero attached hydrogens (tertiary/aromatic N) is 2. The molecular weight excluding hydrogens is 234 g/mol. The fraction of sp³-hybridized carbons (Fsp3) is 0.625. The summed E-state index contributed by atoms with van der Waals surface area (Å²) in [5, 5.41) is 14.3. The van der Waals surface area contributed by atoms with Crippen LogP contribution in [0.2, 0.25) is 0 Å². The van der Waals surface area contributed by atoms with Crippen LogP contribution in [0.5, 0.6) is 0 Å². The molecule has 0 aliphatic heterocycles. The quantitative estimate of drug-likeness (QED) is 0.618. The monoisotopic (exact) mass is 247 g/mol. The van der Waals surface area contributed by atoms with E-state index in [9.17, 15) is 10.1 Å². The third kappa shape index (κ3) is 3.67. The predicted octanol–water partition coefficient (Wildman–Crippen LogP) is 2.60. The molecule has 0 saturated carbocycles. The van der Waals surface area contributed by atoms with Crippen LogP contribution in [0.3, 0.4) is 0 Å². The number of nitro groups is 1. The first kappa shape index (κ1) is 12.3. The summed E-state index contributed by atoms with van der Waals surface area (Å²) >= 11 is 2.83. The standard InChI is InChI=1S/C8H13N3O2S2/c1-3-6(5-14-2)10-8-9-4-7(15-8)11(12)13/h4,6H,3,5H2,1-2H3,(H,9,10). The van der Waals surface area contributed by atoms with Crippen molar-refractivity contribution in [2.45, 2.75) is 19.4 Å². The highest BCUT2D eigenvalue weighted by molar-refractivity contribution is 7.98. The second kappa shape index (κ2) is 5.92. The second-order valence-corrected chi connectivity index (χ2v) is 4.89. The zero-order valence-electron chi connectivity index (χ0n) is 8.60. The predicted molar refractivity (Wildman–Crippen MR) is 64.9 cm³/mol. The number of thioether (sulfide) groups is 1. The van der Waals surface area contributed by atoms with Gasteiger partial charge in [-0.1, -0.05) is 6.92 Å². The van der Waals surface area contributed by atoms with E-state index in [0.717, 1.165) is 23.5 Å². The number of anilines is 1. The molecule has 1 unspecified atom stereocenters. The Hall–Kier alpha value is -0.820. The molecule has 1 rings (SSSR count). The van der Waals surface area contributed by atoms with E-state index in [4.69, 9.17) is 0 Å².